The molecule has 0 radical (unpaired) electrons. The van der Waals surface area contributed by atoms with Crippen LogP contribution in [0.2, 0.25) is 0 Å². The number of rotatable bonds is 7. The normalized spacial score (nSPS) is 15.1. The van der Waals surface area contributed by atoms with Crippen molar-refractivity contribution in [2.24, 2.45) is 0 Å². The number of ketones is 1. The lowest BCUT2D eigenvalue weighted by Crippen LogP contribution is -2.14. The van der Waals surface area contributed by atoms with E-state index in [-0.39, 0.29) is 5.78 Å². The highest BCUT2D eigenvalue weighted by atomic mass is 16.5. The molecule has 1 aromatic carbocycles. The number of carbonyl (C=O) groups is 1. The van der Waals surface area contributed by atoms with E-state index in [0.29, 0.717) is 6.42 Å². The quantitative estimate of drug-likeness (QED) is 0.587. The molecule has 1 N–H and O–H groups in total. The summed E-state index contributed by atoms with van der Waals surface area (Å²) in [6.45, 7) is 1.78. The number of nitrogens with one attached hydrogen (secondary N) is 1. The molecule has 2 aliphatic rings. The van der Waals surface area contributed by atoms with Gasteiger partial charge in [-0.3, -0.25) is 4.79 Å². The van der Waals surface area contributed by atoms with Gasteiger partial charge >= 0.3 is 0 Å². The molecule has 0 aliphatic carbocycles. The van der Waals surface area contributed by atoms with Crippen molar-refractivity contribution < 1.29 is 9.53 Å². The minimum absolute atomic E-state index is 0.177. The summed E-state index contributed by atoms with van der Waals surface area (Å²) in [5, 5.41) is 3.38. The zero-order valence-electron chi connectivity index (χ0n) is 15.7. The van der Waals surface area contributed by atoms with Gasteiger partial charge in [0.2, 0.25) is 0 Å². The molecule has 1 aromatic heterocycles. The molecule has 4 nitrogen and oxygen atoms in total. The van der Waals surface area contributed by atoms with Crippen molar-refractivity contribution in [1.29, 1.82) is 0 Å². The Bertz CT molecular complexity index is 857. The van der Waals surface area contributed by atoms with E-state index in [2.05, 4.69) is 23.5 Å². The second-order valence-corrected chi connectivity index (χ2v) is 7.31. The van der Waals surface area contributed by atoms with E-state index in [0.717, 1.165) is 68.1 Å². The van der Waals surface area contributed by atoms with Crippen molar-refractivity contribution in [3.63, 3.8) is 0 Å². The zero-order chi connectivity index (χ0) is 18.5. The van der Waals surface area contributed by atoms with Crippen LogP contribution in [0.25, 0.3) is 6.08 Å². The van der Waals surface area contributed by atoms with Gasteiger partial charge in [0.25, 0.3) is 0 Å². The summed E-state index contributed by atoms with van der Waals surface area (Å²) in [7, 11) is 0. The van der Waals surface area contributed by atoms with E-state index in [1.165, 1.54) is 17.5 Å². The molecule has 3 heterocycles. The summed E-state index contributed by atoms with van der Waals surface area (Å²) in [6, 6.07) is 10.5. The summed E-state index contributed by atoms with van der Waals surface area (Å²) in [6.07, 6.45) is 10.2. The molecule has 0 bridgehead atoms. The van der Waals surface area contributed by atoms with Gasteiger partial charge in [-0.05, 0) is 67.0 Å². The molecule has 0 spiro atoms. The summed E-state index contributed by atoms with van der Waals surface area (Å²) >= 11 is 0. The number of ether oxygens (including phenoxy) is 1. The van der Waals surface area contributed by atoms with Gasteiger partial charge in [0.05, 0.1) is 6.61 Å². The van der Waals surface area contributed by atoms with Gasteiger partial charge in [-0.15, -0.1) is 0 Å². The summed E-state index contributed by atoms with van der Waals surface area (Å²) in [5.41, 5.74) is 4.71. The maximum atomic E-state index is 12.1. The maximum Gasteiger partial charge on any atom is 0.155 e. The first-order valence-corrected chi connectivity index (χ1v) is 9.97. The average Bonchev–Trinajstić information content (AvgIpc) is 3.17. The molecule has 0 amide bonds. The van der Waals surface area contributed by atoms with Crippen LogP contribution in [-0.4, -0.2) is 23.9 Å². The Labute approximate surface area is 160 Å². The van der Waals surface area contributed by atoms with Gasteiger partial charge in [0, 0.05) is 25.1 Å². The zero-order valence-corrected chi connectivity index (χ0v) is 15.7. The van der Waals surface area contributed by atoms with Crippen molar-refractivity contribution in [2.45, 2.75) is 44.9 Å². The van der Waals surface area contributed by atoms with Crippen molar-refractivity contribution >= 4 is 17.7 Å². The molecule has 0 fully saturated rings. The number of hydrogen-bond acceptors (Lipinski definition) is 4. The summed E-state index contributed by atoms with van der Waals surface area (Å²) in [5.74, 6) is 2.18. The Hall–Kier alpha value is -2.62. The molecule has 2 aromatic rings. The fourth-order valence-electron chi connectivity index (χ4n) is 3.67. The summed E-state index contributed by atoms with van der Waals surface area (Å²) in [4.78, 5) is 16.8. The number of aromatic nitrogens is 1. The lowest BCUT2D eigenvalue weighted by Gasteiger charge is -2.17. The SMILES string of the molecule is O=C(/C=C/c1ccc2c(c1)OCC2)CCCCc1ccc2c(n1)NCCC2. The first-order valence-electron chi connectivity index (χ1n) is 9.97. The second-order valence-electron chi connectivity index (χ2n) is 7.31. The third-order valence-electron chi connectivity index (χ3n) is 5.24. The van der Waals surface area contributed by atoms with Crippen LogP contribution in [0.1, 0.15) is 48.1 Å². The fourth-order valence-corrected chi connectivity index (χ4v) is 3.67. The molecular weight excluding hydrogens is 336 g/mol. The highest BCUT2D eigenvalue weighted by Gasteiger charge is 2.12. The number of benzene rings is 1. The Balaban J connectivity index is 1.21. The first-order chi connectivity index (χ1) is 13.3. The van der Waals surface area contributed by atoms with Gasteiger partial charge in [-0.1, -0.05) is 24.3 Å². The maximum absolute atomic E-state index is 12.1. The Kier molecular flexibility index (Phi) is 5.52. The molecular formula is C23H26N2O2. The van der Waals surface area contributed by atoms with E-state index in [1.807, 2.05) is 18.2 Å². The lowest BCUT2D eigenvalue weighted by molar-refractivity contribution is -0.114. The predicted molar refractivity (Wildman–Crippen MR) is 108 cm³/mol. The van der Waals surface area contributed by atoms with Gasteiger partial charge in [-0.25, -0.2) is 4.98 Å². The predicted octanol–water partition coefficient (Wildman–Crippen LogP) is 4.37. The largest absolute Gasteiger partial charge is 0.493 e. The van der Waals surface area contributed by atoms with Crippen LogP contribution in [0, 0.1) is 0 Å². The highest BCUT2D eigenvalue weighted by molar-refractivity contribution is 5.93. The monoisotopic (exact) mass is 362 g/mol. The van der Waals surface area contributed by atoms with Crippen LogP contribution in [0.4, 0.5) is 5.82 Å². The number of pyridine rings is 1. The molecule has 2 aliphatic heterocycles. The van der Waals surface area contributed by atoms with Crippen LogP contribution in [-0.2, 0) is 24.1 Å². The van der Waals surface area contributed by atoms with Gasteiger partial charge in [0.15, 0.2) is 5.78 Å². The Morgan fingerprint density at radius 1 is 1.15 bits per heavy atom. The smallest absolute Gasteiger partial charge is 0.155 e. The van der Waals surface area contributed by atoms with Crippen LogP contribution in [0.15, 0.2) is 36.4 Å². The summed E-state index contributed by atoms with van der Waals surface area (Å²) < 4.78 is 5.57. The molecule has 0 unspecified atom stereocenters. The van der Waals surface area contributed by atoms with Gasteiger partial charge in [0.1, 0.15) is 11.6 Å². The number of carbonyl (C=O) groups excluding carboxylic acids is 1. The first kappa shape index (κ1) is 17.8. The van der Waals surface area contributed by atoms with Crippen LogP contribution in [0.5, 0.6) is 5.75 Å². The minimum atomic E-state index is 0.177. The standard InChI is InChI=1S/C23H26N2O2/c26-21(12-8-17-7-9-18-13-15-27-22(18)16-17)6-2-1-5-20-11-10-19-4-3-14-24-23(19)25-20/h7-12,16H,1-6,13-15H2,(H,24,25)/b12-8+. The average molecular weight is 362 g/mol. The molecule has 4 rings (SSSR count). The van der Waals surface area contributed by atoms with Crippen molar-refractivity contribution in [2.75, 3.05) is 18.5 Å². The van der Waals surface area contributed by atoms with E-state index < -0.39 is 0 Å². The van der Waals surface area contributed by atoms with Crippen molar-refractivity contribution in [3.05, 3.63) is 58.8 Å². The topological polar surface area (TPSA) is 51.2 Å². The number of nitrogens with zero attached hydrogens (tertiary/aromatic N) is 1. The highest BCUT2D eigenvalue weighted by Crippen LogP contribution is 2.26. The molecule has 4 heteroatoms. The van der Waals surface area contributed by atoms with E-state index >= 15 is 0 Å². The molecule has 27 heavy (non-hydrogen) atoms. The van der Waals surface area contributed by atoms with Crippen molar-refractivity contribution in [3.8, 4) is 5.75 Å². The van der Waals surface area contributed by atoms with Crippen LogP contribution < -0.4 is 10.1 Å². The second kappa shape index (κ2) is 8.38. The number of aryl methyl sites for hydroxylation is 2. The van der Waals surface area contributed by atoms with Crippen LogP contribution >= 0.6 is 0 Å². The van der Waals surface area contributed by atoms with E-state index in [4.69, 9.17) is 9.72 Å². The molecule has 0 saturated carbocycles. The van der Waals surface area contributed by atoms with E-state index in [1.54, 1.807) is 6.08 Å². The van der Waals surface area contributed by atoms with Crippen LogP contribution in [0.3, 0.4) is 0 Å². The molecule has 140 valence electrons. The lowest BCUT2D eigenvalue weighted by atomic mass is 10.0. The van der Waals surface area contributed by atoms with Crippen molar-refractivity contribution in [1.82, 2.24) is 4.98 Å². The fraction of sp³-hybridized carbons (Fsp3) is 0.391. The van der Waals surface area contributed by atoms with Gasteiger partial charge < -0.3 is 10.1 Å². The molecule has 0 saturated heterocycles. The number of hydrogen-bond donors (Lipinski definition) is 1. The third-order valence-corrected chi connectivity index (χ3v) is 5.24. The third kappa shape index (κ3) is 4.57. The number of unbranched alkanes of at least 4 members (excludes halogenated alkanes) is 1. The Morgan fingerprint density at radius 3 is 3.04 bits per heavy atom. The minimum Gasteiger partial charge on any atom is -0.493 e. The van der Waals surface area contributed by atoms with E-state index in [9.17, 15) is 4.79 Å². The number of fused-ring (bicyclic) bond motifs is 2. The number of anilines is 1. The Morgan fingerprint density at radius 2 is 2.07 bits per heavy atom. The van der Waals surface area contributed by atoms with Gasteiger partial charge in [-0.2, -0.15) is 0 Å². The number of allylic oxidation sites excluding steroid dienone is 1. The molecule has 0 atom stereocenters.